The summed E-state index contributed by atoms with van der Waals surface area (Å²) < 4.78 is 5.73. The lowest BCUT2D eigenvalue weighted by atomic mass is 10.0. The number of ether oxygens (including phenoxy) is 1. The summed E-state index contributed by atoms with van der Waals surface area (Å²) in [5.41, 5.74) is 0.610. The second-order valence-electron chi connectivity index (χ2n) is 6.98. The first kappa shape index (κ1) is 19.2. The Bertz CT molecular complexity index is 593. The number of nitrogens with one attached hydrogen (secondary N) is 2. The highest BCUT2D eigenvalue weighted by molar-refractivity contribution is 5.97. The maximum atomic E-state index is 12.4. The van der Waals surface area contributed by atoms with Crippen LogP contribution >= 0.6 is 0 Å². The summed E-state index contributed by atoms with van der Waals surface area (Å²) in [5, 5.41) is 5.50. The quantitative estimate of drug-likeness (QED) is 0.848. The average molecular weight is 348 g/mol. The summed E-state index contributed by atoms with van der Waals surface area (Å²) in [4.78, 5) is 30.3. The molecule has 0 bridgehead atoms. The molecule has 0 radical (unpaired) electrons. The van der Waals surface area contributed by atoms with Gasteiger partial charge < -0.3 is 20.3 Å². The number of hydrogen-bond acceptors (Lipinski definition) is 5. The van der Waals surface area contributed by atoms with Crippen LogP contribution in [0.4, 0.5) is 11.5 Å². The highest BCUT2D eigenvalue weighted by Crippen LogP contribution is 2.20. The maximum Gasteiger partial charge on any atom is 0.247 e. The number of nitrogens with zero attached hydrogens (tertiary/aromatic N) is 2. The van der Waals surface area contributed by atoms with Crippen molar-refractivity contribution < 1.29 is 14.3 Å². The second kappa shape index (κ2) is 8.29. The molecule has 2 N–H and O–H groups in total. The topological polar surface area (TPSA) is 83.6 Å². The van der Waals surface area contributed by atoms with Crippen molar-refractivity contribution in [3.63, 3.8) is 0 Å². The van der Waals surface area contributed by atoms with E-state index in [-0.39, 0.29) is 29.9 Å². The first-order valence-corrected chi connectivity index (χ1v) is 8.70. The Hall–Kier alpha value is -2.15. The first-order chi connectivity index (χ1) is 11.8. The van der Waals surface area contributed by atoms with Gasteiger partial charge in [0, 0.05) is 20.0 Å². The Morgan fingerprint density at radius 1 is 1.24 bits per heavy atom. The molecule has 0 unspecified atom stereocenters. The smallest absolute Gasteiger partial charge is 0.247 e. The van der Waals surface area contributed by atoms with Crippen molar-refractivity contribution >= 4 is 23.3 Å². The minimum atomic E-state index is -0.571. The van der Waals surface area contributed by atoms with Gasteiger partial charge in [0.05, 0.1) is 24.1 Å². The summed E-state index contributed by atoms with van der Waals surface area (Å²) in [5.74, 6) is 0.390. The molecule has 138 valence electrons. The molecule has 25 heavy (non-hydrogen) atoms. The zero-order valence-electron chi connectivity index (χ0n) is 15.6. The Morgan fingerprint density at radius 3 is 2.36 bits per heavy atom. The lowest BCUT2D eigenvalue weighted by Crippen LogP contribution is -2.46. The van der Waals surface area contributed by atoms with Gasteiger partial charge in [-0.2, -0.15) is 0 Å². The molecule has 0 aromatic carbocycles. The van der Waals surface area contributed by atoms with Crippen molar-refractivity contribution in [3.05, 3.63) is 18.3 Å². The number of pyridine rings is 1. The van der Waals surface area contributed by atoms with E-state index < -0.39 is 6.04 Å². The van der Waals surface area contributed by atoms with Crippen molar-refractivity contribution in [3.8, 4) is 0 Å². The number of morpholine rings is 1. The van der Waals surface area contributed by atoms with Crippen LogP contribution in [0.1, 0.15) is 34.6 Å². The number of rotatable bonds is 5. The average Bonchev–Trinajstić information content (AvgIpc) is 2.51. The molecular weight excluding hydrogens is 320 g/mol. The van der Waals surface area contributed by atoms with E-state index in [1.54, 1.807) is 6.20 Å². The molecule has 1 aromatic rings. The van der Waals surface area contributed by atoms with Crippen LogP contribution in [0.5, 0.6) is 0 Å². The molecule has 1 aliphatic rings. The maximum absolute atomic E-state index is 12.4. The Kier molecular flexibility index (Phi) is 6.36. The fraction of sp³-hybridized carbons (Fsp3) is 0.611. The first-order valence-electron chi connectivity index (χ1n) is 8.70. The molecule has 2 amide bonds. The van der Waals surface area contributed by atoms with Crippen LogP contribution in [0.15, 0.2) is 18.3 Å². The molecule has 0 saturated carbocycles. The lowest BCUT2D eigenvalue weighted by Gasteiger charge is -2.36. The monoisotopic (exact) mass is 348 g/mol. The van der Waals surface area contributed by atoms with Crippen molar-refractivity contribution in [1.82, 2.24) is 10.3 Å². The summed E-state index contributed by atoms with van der Waals surface area (Å²) >= 11 is 0. The van der Waals surface area contributed by atoms with E-state index in [0.29, 0.717) is 5.69 Å². The summed E-state index contributed by atoms with van der Waals surface area (Å²) in [7, 11) is 0. The van der Waals surface area contributed by atoms with Gasteiger partial charge in [-0.15, -0.1) is 0 Å². The summed E-state index contributed by atoms with van der Waals surface area (Å²) in [6.45, 7) is 10.9. The van der Waals surface area contributed by atoms with Gasteiger partial charge in [-0.1, -0.05) is 13.8 Å². The number of carbonyl (C=O) groups is 2. The standard InChI is InChI=1S/C18H28N4O3/c1-11(2)17(20-14(5)23)18(24)21-15-6-7-16(19-8-15)22-9-12(3)25-13(4)10-22/h6-8,11-13,17H,9-10H2,1-5H3,(H,20,23)(H,21,24)/t12-,13+,17-/m1/s1. The van der Waals surface area contributed by atoms with Crippen molar-refractivity contribution in [2.45, 2.75) is 52.9 Å². The second-order valence-corrected chi connectivity index (χ2v) is 6.98. The third kappa shape index (κ3) is 5.42. The fourth-order valence-electron chi connectivity index (χ4n) is 2.99. The van der Waals surface area contributed by atoms with Crippen LogP contribution in [0, 0.1) is 5.92 Å². The van der Waals surface area contributed by atoms with E-state index >= 15 is 0 Å². The van der Waals surface area contributed by atoms with E-state index in [4.69, 9.17) is 4.74 Å². The molecule has 7 heteroatoms. The van der Waals surface area contributed by atoms with Gasteiger partial charge in [0.25, 0.3) is 0 Å². The molecule has 1 saturated heterocycles. The molecule has 0 aliphatic carbocycles. The van der Waals surface area contributed by atoms with E-state index in [9.17, 15) is 9.59 Å². The number of aromatic nitrogens is 1. The predicted molar refractivity (Wildman–Crippen MR) is 97.5 cm³/mol. The zero-order chi connectivity index (χ0) is 18.6. The molecule has 2 rings (SSSR count). The number of hydrogen-bond donors (Lipinski definition) is 2. The van der Waals surface area contributed by atoms with E-state index in [1.165, 1.54) is 6.92 Å². The van der Waals surface area contributed by atoms with Crippen LogP contribution in [0.25, 0.3) is 0 Å². The van der Waals surface area contributed by atoms with Gasteiger partial charge >= 0.3 is 0 Å². The highest BCUT2D eigenvalue weighted by atomic mass is 16.5. The SMILES string of the molecule is CC(=O)N[C@@H](C(=O)Nc1ccc(N2C[C@@H](C)O[C@@H](C)C2)nc1)C(C)C. The number of amides is 2. The largest absolute Gasteiger partial charge is 0.372 e. The normalized spacial score (nSPS) is 21.8. The molecule has 1 aromatic heterocycles. The van der Waals surface area contributed by atoms with E-state index in [0.717, 1.165) is 18.9 Å². The fourth-order valence-corrected chi connectivity index (χ4v) is 2.99. The van der Waals surface area contributed by atoms with Crippen LogP contribution in [-0.2, 0) is 14.3 Å². The molecule has 7 nitrogen and oxygen atoms in total. The molecule has 1 aliphatic heterocycles. The van der Waals surface area contributed by atoms with Crippen molar-refractivity contribution in [1.29, 1.82) is 0 Å². The summed E-state index contributed by atoms with van der Waals surface area (Å²) in [6, 6.07) is 3.15. The predicted octanol–water partition coefficient (Wildman–Crippen LogP) is 1.79. The van der Waals surface area contributed by atoms with Gasteiger partial charge in [0.15, 0.2) is 0 Å². The van der Waals surface area contributed by atoms with Crippen LogP contribution < -0.4 is 15.5 Å². The minimum absolute atomic E-state index is 0.00698. The highest BCUT2D eigenvalue weighted by Gasteiger charge is 2.24. The molecular formula is C18H28N4O3. The van der Waals surface area contributed by atoms with Gasteiger partial charge in [0.2, 0.25) is 11.8 Å². The van der Waals surface area contributed by atoms with Crippen LogP contribution in [0.3, 0.4) is 0 Å². The minimum Gasteiger partial charge on any atom is -0.372 e. The van der Waals surface area contributed by atoms with Crippen molar-refractivity contribution in [2.75, 3.05) is 23.3 Å². The molecule has 3 atom stereocenters. The Balaban J connectivity index is 2.02. The van der Waals surface area contributed by atoms with E-state index in [1.807, 2.05) is 39.8 Å². The van der Waals surface area contributed by atoms with Crippen LogP contribution in [0.2, 0.25) is 0 Å². The van der Waals surface area contributed by atoms with Gasteiger partial charge in [-0.25, -0.2) is 4.98 Å². The third-order valence-corrected chi connectivity index (χ3v) is 4.07. The van der Waals surface area contributed by atoms with E-state index in [2.05, 4.69) is 20.5 Å². The molecule has 0 spiro atoms. The Morgan fingerprint density at radius 2 is 1.88 bits per heavy atom. The molecule has 2 heterocycles. The van der Waals surface area contributed by atoms with Gasteiger partial charge in [-0.05, 0) is 31.9 Å². The van der Waals surface area contributed by atoms with Crippen molar-refractivity contribution in [2.24, 2.45) is 5.92 Å². The lowest BCUT2D eigenvalue weighted by molar-refractivity contribution is -0.126. The van der Waals surface area contributed by atoms with Gasteiger partial charge in [-0.3, -0.25) is 9.59 Å². The van der Waals surface area contributed by atoms with Gasteiger partial charge in [0.1, 0.15) is 11.9 Å². The number of anilines is 2. The third-order valence-electron chi connectivity index (χ3n) is 4.07. The number of carbonyl (C=O) groups excluding carboxylic acids is 2. The summed E-state index contributed by atoms with van der Waals surface area (Å²) in [6.07, 6.45) is 1.96. The molecule has 1 fully saturated rings. The van der Waals surface area contributed by atoms with Crippen LogP contribution in [-0.4, -0.2) is 48.1 Å². The Labute approximate surface area is 149 Å². The zero-order valence-corrected chi connectivity index (χ0v) is 15.6.